The zero-order valence-electron chi connectivity index (χ0n) is 12.3. The van der Waals surface area contributed by atoms with Crippen LogP contribution in [0.25, 0.3) is 21.5 Å². The number of aromatic nitrogens is 1. The first kappa shape index (κ1) is 17.5. The quantitative estimate of drug-likeness (QED) is 0.403. The van der Waals surface area contributed by atoms with E-state index in [1.807, 2.05) is 6.07 Å². The minimum absolute atomic E-state index is 0.0860. The van der Waals surface area contributed by atoms with Crippen LogP contribution in [-0.4, -0.2) is 10.1 Å². The highest BCUT2D eigenvalue weighted by atomic mass is 79.9. The molecule has 0 saturated heterocycles. The molecule has 0 aliphatic carbocycles. The maximum atomic E-state index is 12.8. The lowest BCUT2D eigenvalue weighted by molar-refractivity contribution is -0.137. The molecule has 0 fully saturated rings. The van der Waals surface area contributed by atoms with E-state index in [0.717, 1.165) is 27.9 Å². The highest BCUT2D eigenvalue weighted by Crippen LogP contribution is 2.35. The van der Waals surface area contributed by atoms with Gasteiger partial charge in [0.2, 0.25) is 0 Å². The number of alkyl halides is 3. The van der Waals surface area contributed by atoms with Gasteiger partial charge in [-0.3, -0.25) is 0 Å². The highest BCUT2D eigenvalue weighted by molar-refractivity contribution is 9.10. The van der Waals surface area contributed by atoms with E-state index >= 15 is 0 Å². The van der Waals surface area contributed by atoms with E-state index < -0.39 is 11.7 Å². The molecule has 25 heavy (non-hydrogen) atoms. The Labute approximate surface area is 152 Å². The Morgan fingerprint density at radius 3 is 2.44 bits per heavy atom. The van der Waals surface area contributed by atoms with Crippen LogP contribution in [0.15, 0.2) is 46.9 Å². The van der Waals surface area contributed by atoms with Crippen LogP contribution in [-0.2, 0) is 6.18 Å². The lowest BCUT2D eigenvalue weighted by Gasteiger charge is -2.04. The molecule has 0 radical (unpaired) electrons. The summed E-state index contributed by atoms with van der Waals surface area (Å²) in [5.41, 5.74) is -0.352. The normalized spacial score (nSPS) is 12.8. The predicted molar refractivity (Wildman–Crippen MR) is 93.8 cm³/mol. The summed E-state index contributed by atoms with van der Waals surface area (Å²) in [4.78, 5) is 4.09. The summed E-state index contributed by atoms with van der Waals surface area (Å²) in [7, 11) is 0. The van der Waals surface area contributed by atoms with E-state index in [2.05, 4.69) is 20.9 Å². The van der Waals surface area contributed by atoms with E-state index in [1.54, 1.807) is 24.3 Å². The monoisotopic (exact) mass is 424 g/mol. The number of aliphatic hydroxyl groups excluding tert-OH is 1. The first-order chi connectivity index (χ1) is 11.8. The number of halogens is 4. The third-order valence-electron chi connectivity index (χ3n) is 3.40. The molecule has 8 heteroatoms. The van der Waals surface area contributed by atoms with Crippen LogP contribution in [0.2, 0.25) is 0 Å². The largest absolute Gasteiger partial charge is 0.506 e. The molecular formula is C17H8BrF3N2OS. The summed E-state index contributed by atoms with van der Waals surface area (Å²) in [6, 6.07) is 11.7. The second-order valence-electron chi connectivity index (χ2n) is 5.04. The number of rotatable bonds is 2. The third kappa shape index (κ3) is 3.52. The van der Waals surface area contributed by atoms with Crippen molar-refractivity contribution >= 4 is 48.8 Å². The fraction of sp³-hybridized carbons (Fsp3) is 0.0588. The second-order valence-corrected chi connectivity index (χ2v) is 6.99. The van der Waals surface area contributed by atoms with Gasteiger partial charge in [-0.05, 0) is 30.3 Å². The van der Waals surface area contributed by atoms with Gasteiger partial charge >= 0.3 is 6.18 Å². The second kappa shape index (κ2) is 6.50. The van der Waals surface area contributed by atoms with Crippen LogP contribution in [0.4, 0.5) is 13.2 Å². The zero-order chi connectivity index (χ0) is 18.2. The molecule has 0 unspecified atom stereocenters. The number of allylic oxidation sites excluding steroid dienone is 1. The standard InChI is InChI=1S/C17H8BrF3N2OS/c18-11-4-1-9(2-5-11)15(24)12(8-22)16-23-13-7-10(17(19,20)21)3-6-14(13)25-16/h1-7,24H. The smallest absolute Gasteiger partial charge is 0.416 e. The molecule has 3 rings (SSSR count). The fourth-order valence-electron chi connectivity index (χ4n) is 2.16. The molecule has 2 aromatic carbocycles. The van der Waals surface area contributed by atoms with Crippen molar-refractivity contribution in [2.24, 2.45) is 0 Å². The molecule has 0 spiro atoms. The number of hydrogen-bond donors (Lipinski definition) is 1. The molecule has 0 saturated carbocycles. The molecule has 0 atom stereocenters. The molecule has 126 valence electrons. The number of nitriles is 1. The molecule has 1 heterocycles. The number of nitrogens with zero attached hydrogens (tertiary/aromatic N) is 2. The minimum Gasteiger partial charge on any atom is -0.506 e. The zero-order valence-corrected chi connectivity index (χ0v) is 14.7. The number of hydrogen-bond acceptors (Lipinski definition) is 4. The lowest BCUT2D eigenvalue weighted by atomic mass is 10.1. The number of aliphatic hydroxyl groups is 1. The lowest BCUT2D eigenvalue weighted by Crippen LogP contribution is -2.03. The molecule has 1 N–H and O–H groups in total. The van der Waals surface area contributed by atoms with Gasteiger partial charge in [-0.15, -0.1) is 11.3 Å². The van der Waals surface area contributed by atoms with Gasteiger partial charge in [0.05, 0.1) is 15.8 Å². The van der Waals surface area contributed by atoms with Crippen molar-refractivity contribution in [1.29, 1.82) is 5.26 Å². The molecule has 0 aliphatic rings. The fourth-order valence-corrected chi connectivity index (χ4v) is 3.37. The van der Waals surface area contributed by atoms with E-state index in [-0.39, 0.29) is 21.9 Å². The van der Waals surface area contributed by atoms with E-state index in [9.17, 15) is 23.5 Å². The summed E-state index contributed by atoms with van der Waals surface area (Å²) in [5.74, 6) is -0.273. The van der Waals surface area contributed by atoms with Gasteiger partial charge < -0.3 is 5.11 Å². The first-order valence-electron chi connectivity index (χ1n) is 6.87. The molecule has 0 amide bonds. The van der Waals surface area contributed by atoms with Crippen LogP contribution in [0.5, 0.6) is 0 Å². The van der Waals surface area contributed by atoms with Gasteiger partial charge in [-0.25, -0.2) is 4.98 Å². The van der Waals surface area contributed by atoms with Crippen LogP contribution in [0.1, 0.15) is 16.1 Å². The molecule has 1 aromatic heterocycles. The number of benzene rings is 2. The summed E-state index contributed by atoms with van der Waals surface area (Å²) >= 11 is 4.32. The predicted octanol–water partition coefficient (Wildman–Crippen LogP) is 6.03. The van der Waals surface area contributed by atoms with Gasteiger partial charge in [0.1, 0.15) is 22.4 Å². The molecular weight excluding hydrogens is 417 g/mol. The van der Waals surface area contributed by atoms with Crippen molar-refractivity contribution in [3.05, 3.63) is 63.1 Å². The van der Waals surface area contributed by atoms with Crippen molar-refractivity contribution in [1.82, 2.24) is 4.98 Å². The summed E-state index contributed by atoms with van der Waals surface area (Å²) in [6.45, 7) is 0. The Bertz CT molecular complexity index is 1020. The maximum Gasteiger partial charge on any atom is 0.416 e. The van der Waals surface area contributed by atoms with E-state index in [1.165, 1.54) is 6.07 Å². The van der Waals surface area contributed by atoms with Gasteiger partial charge in [0, 0.05) is 10.0 Å². The van der Waals surface area contributed by atoms with Crippen molar-refractivity contribution in [2.45, 2.75) is 6.18 Å². The van der Waals surface area contributed by atoms with Crippen LogP contribution >= 0.6 is 27.3 Å². The van der Waals surface area contributed by atoms with Crippen molar-refractivity contribution in [2.75, 3.05) is 0 Å². The Morgan fingerprint density at radius 1 is 1.16 bits per heavy atom. The van der Waals surface area contributed by atoms with Crippen molar-refractivity contribution in [3.63, 3.8) is 0 Å². The molecule has 0 bridgehead atoms. The molecule has 0 aliphatic heterocycles. The summed E-state index contributed by atoms with van der Waals surface area (Å²) in [6.07, 6.45) is -4.47. The topological polar surface area (TPSA) is 56.9 Å². The van der Waals surface area contributed by atoms with Crippen LogP contribution < -0.4 is 0 Å². The SMILES string of the molecule is N#CC(=C(O)c1ccc(Br)cc1)c1nc2cc(C(F)(F)F)ccc2s1. The van der Waals surface area contributed by atoms with Gasteiger partial charge in [0.25, 0.3) is 0 Å². The number of fused-ring (bicyclic) bond motifs is 1. The average Bonchev–Trinajstić information content (AvgIpc) is 2.98. The maximum absolute atomic E-state index is 12.8. The first-order valence-corrected chi connectivity index (χ1v) is 8.48. The van der Waals surface area contributed by atoms with Gasteiger partial charge in [-0.2, -0.15) is 18.4 Å². The Balaban J connectivity index is 2.11. The van der Waals surface area contributed by atoms with E-state index in [4.69, 9.17) is 0 Å². The van der Waals surface area contributed by atoms with Crippen molar-refractivity contribution < 1.29 is 18.3 Å². The third-order valence-corrected chi connectivity index (χ3v) is 4.98. The summed E-state index contributed by atoms with van der Waals surface area (Å²) in [5, 5.41) is 19.9. The highest BCUT2D eigenvalue weighted by Gasteiger charge is 2.31. The molecule has 3 nitrogen and oxygen atoms in total. The van der Waals surface area contributed by atoms with Crippen LogP contribution in [0, 0.1) is 11.3 Å². The average molecular weight is 425 g/mol. The Kier molecular flexibility index (Phi) is 4.54. The van der Waals surface area contributed by atoms with Crippen molar-refractivity contribution in [3.8, 4) is 6.07 Å². The molecule has 3 aromatic rings. The van der Waals surface area contributed by atoms with Gasteiger partial charge in [-0.1, -0.05) is 28.1 Å². The van der Waals surface area contributed by atoms with Crippen LogP contribution in [0.3, 0.4) is 0 Å². The van der Waals surface area contributed by atoms with Gasteiger partial charge in [0.15, 0.2) is 0 Å². The number of thiazole rings is 1. The minimum atomic E-state index is -4.47. The van der Waals surface area contributed by atoms with E-state index in [0.29, 0.717) is 10.3 Å². The Hall–Kier alpha value is -2.37. The summed E-state index contributed by atoms with van der Waals surface area (Å²) < 4.78 is 39.7. The Morgan fingerprint density at radius 2 is 1.84 bits per heavy atom.